The van der Waals surface area contributed by atoms with Gasteiger partial charge in [-0.25, -0.2) is 9.67 Å². The predicted molar refractivity (Wildman–Crippen MR) is 271 cm³/mol. The van der Waals surface area contributed by atoms with Crippen LogP contribution in [0.25, 0.3) is 22.2 Å². The van der Waals surface area contributed by atoms with Gasteiger partial charge in [-0.1, -0.05) is 5.10 Å². The summed E-state index contributed by atoms with van der Waals surface area (Å²) in [6.07, 6.45) is 6.61. The largest absolute Gasteiger partial charge is 0.371 e. The van der Waals surface area contributed by atoms with Crippen molar-refractivity contribution in [2.24, 2.45) is 11.8 Å². The second-order valence-corrected chi connectivity index (χ2v) is 21.3. The van der Waals surface area contributed by atoms with Gasteiger partial charge in [-0.15, -0.1) is 0 Å². The Balaban J connectivity index is 0.659. The van der Waals surface area contributed by atoms with Gasteiger partial charge >= 0.3 is 0 Å². The smallest absolute Gasteiger partial charge is 0.262 e. The zero-order valence-corrected chi connectivity index (χ0v) is 41.9. The molecular weight excluding hydrogens is 915 g/mol. The molecule has 0 spiro atoms. The molecule has 0 saturated carbocycles. The van der Waals surface area contributed by atoms with Crippen LogP contribution in [0.4, 0.5) is 23.1 Å². The lowest BCUT2D eigenvalue weighted by atomic mass is 9.89. The number of imide groups is 2. The van der Waals surface area contributed by atoms with Crippen molar-refractivity contribution < 1.29 is 24.0 Å². The van der Waals surface area contributed by atoms with Gasteiger partial charge in [0.25, 0.3) is 17.7 Å². The Kier molecular flexibility index (Phi) is 12.2. The molecule has 376 valence electrons. The van der Waals surface area contributed by atoms with Crippen LogP contribution < -0.4 is 25.3 Å². The van der Waals surface area contributed by atoms with Crippen molar-refractivity contribution in [2.45, 2.75) is 96.8 Å². The Hall–Kier alpha value is -7.06. The van der Waals surface area contributed by atoms with Gasteiger partial charge in [-0.05, 0) is 151 Å². The molecule has 3 N–H and O–H groups in total. The fourth-order valence-electron chi connectivity index (χ4n) is 12.3. The number of nitrogens with zero attached hydrogens (tertiary/aromatic N) is 12. The number of tetrazole rings is 1. The number of hydrogen-bond acceptors (Lipinski definition) is 15. The Morgan fingerprint density at radius 2 is 1.56 bits per heavy atom. The molecule has 11 rings (SSSR count). The Labute approximate surface area is 418 Å². The molecule has 6 aliphatic rings. The van der Waals surface area contributed by atoms with Crippen LogP contribution in [0.2, 0.25) is 0 Å². The van der Waals surface area contributed by atoms with Gasteiger partial charge in [0.05, 0.1) is 27.8 Å². The number of allylic oxidation sites excluding steroid dienone is 1. The summed E-state index contributed by atoms with van der Waals surface area (Å²) in [6, 6.07) is 15.1. The summed E-state index contributed by atoms with van der Waals surface area (Å²) in [6.45, 7) is 18.4. The molecule has 0 aliphatic carbocycles. The molecule has 4 saturated heterocycles. The number of aromatic nitrogens is 7. The first-order valence-corrected chi connectivity index (χ1v) is 25.5. The van der Waals surface area contributed by atoms with Crippen LogP contribution in [-0.2, 0) is 19.9 Å². The first-order chi connectivity index (χ1) is 34.6. The van der Waals surface area contributed by atoms with E-state index in [9.17, 15) is 24.0 Å². The second-order valence-electron chi connectivity index (χ2n) is 21.3. The van der Waals surface area contributed by atoms with Crippen LogP contribution in [0.5, 0.6) is 0 Å². The van der Waals surface area contributed by atoms with E-state index < -0.39 is 29.3 Å². The average Bonchev–Trinajstić information content (AvgIpc) is 4.10. The minimum atomic E-state index is -0.966. The van der Waals surface area contributed by atoms with E-state index in [-0.39, 0.29) is 24.7 Å². The maximum Gasteiger partial charge on any atom is 0.262 e. The first kappa shape index (κ1) is 47.3. The number of anilines is 4. The normalized spacial score (nSPS) is 23.6. The molecule has 9 heterocycles. The van der Waals surface area contributed by atoms with Crippen molar-refractivity contribution in [3.63, 3.8) is 0 Å². The molecule has 20 heteroatoms. The molecule has 0 bridgehead atoms. The molecule has 3 atom stereocenters. The van der Waals surface area contributed by atoms with Crippen LogP contribution >= 0.6 is 0 Å². The zero-order valence-electron chi connectivity index (χ0n) is 41.9. The molecule has 5 aromatic rings. The molecular formula is C52H63N15O5. The lowest BCUT2D eigenvalue weighted by Gasteiger charge is -2.47. The first-order valence-electron chi connectivity index (χ1n) is 25.5. The number of hydrogen-bond donors (Lipinski definition) is 3. The van der Waals surface area contributed by atoms with E-state index in [1.54, 1.807) is 16.8 Å². The lowest BCUT2D eigenvalue weighted by molar-refractivity contribution is -0.136. The van der Waals surface area contributed by atoms with Gasteiger partial charge in [0.1, 0.15) is 17.6 Å². The number of benzene rings is 2. The van der Waals surface area contributed by atoms with Gasteiger partial charge in [-0.3, -0.25) is 44.2 Å². The summed E-state index contributed by atoms with van der Waals surface area (Å²) < 4.78 is 1.68. The highest BCUT2D eigenvalue weighted by molar-refractivity contribution is 6.23. The van der Waals surface area contributed by atoms with Crippen LogP contribution in [0.3, 0.4) is 0 Å². The number of aromatic amines is 1. The third-order valence-corrected chi connectivity index (χ3v) is 16.3. The number of fused-ring (bicyclic) bond motifs is 3. The summed E-state index contributed by atoms with van der Waals surface area (Å²) in [5.74, 6) is 0.618. The highest BCUT2D eigenvalue weighted by Gasteiger charge is 2.45. The highest BCUT2D eigenvalue weighted by Crippen LogP contribution is 2.39. The van der Waals surface area contributed by atoms with Gasteiger partial charge < -0.3 is 24.9 Å². The van der Waals surface area contributed by atoms with E-state index in [2.05, 4.69) is 70.8 Å². The summed E-state index contributed by atoms with van der Waals surface area (Å²) in [5.41, 5.74) is 5.43. The van der Waals surface area contributed by atoms with Crippen molar-refractivity contribution in [3.05, 3.63) is 77.1 Å². The molecule has 1 unspecified atom stereocenters. The molecule has 0 radical (unpaired) electrons. The molecule has 5 amide bonds. The molecule has 20 nitrogen and oxygen atoms in total. The highest BCUT2D eigenvalue weighted by atomic mass is 16.2. The van der Waals surface area contributed by atoms with Crippen molar-refractivity contribution >= 4 is 63.6 Å². The number of amides is 5. The Morgan fingerprint density at radius 3 is 2.31 bits per heavy atom. The minimum Gasteiger partial charge on any atom is -0.371 e. The predicted octanol–water partition coefficient (Wildman–Crippen LogP) is 4.64. The van der Waals surface area contributed by atoms with E-state index in [0.29, 0.717) is 52.3 Å². The summed E-state index contributed by atoms with van der Waals surface area (Å²) in [4.78, 5) is 82.6. The standard InChI is InChI=1S/C52H63N15O5/c1-30-26-64(43-23-35(13-18-53-43)46-40-24-36(7-10-41(40)56-57-46)54-48(70)45-32(3)61(6)51-58-59-60-67(51)52(45,4)5)27-31(2)65(30)29-34-14-19-62(20-15-34)28-33-16-21-63(22-17-33)37-8-9-38-39(25-37)50(72)66(49(38)71)42-11-12-44(68)55-47(42)69/h7-10,13,18,23-25,30-31,33-34,42H,11-12,14-17,19-22,26-29H2,1-6H3,(H,54,70)(H,56,57)(H,55,68,69)/t30-,31+,42?. The Bertz CT molecular complexity index is 3010. The van der Waals surface area contributed by atoms with Crippen molar-refractivity contribution in [2.75, 3.05) is 79.4 Å². The van der Waals surface area contributed by atoms with E-state index in [0.717, 1.165) is 109 Å². The number of piperidine rings is 3. The number of H-pyrrole nitrogens is 1. The van der Waals surface area contributed by atoms with Gasteiger partial charge in [0.2, 0.25) is 17.8 Å². The third-order valence-electron chi connectivity index (χ3n) is 16.3. The SMILES string of the molecule is CC1=C(C(=O)Nc2ccc3[nH]nc(-c4ccnc(N5C[C@@H](C)N(CC6CCN(CC7CCN(c8ccc9c(c8)C(=O)N(C8CCC(=O)NC8=O)C9=O)CC7)CC6)[C@@H](C)C5)c4)c3c2)C(C)(C)n2nnnc2N1C. The monoisotopic (exact) mass is 978 g/mol. The number of pyridine rings is 1. The van der Waals surface area contributed by atoms with Gasteiger partial charge in [0, 0.05) is 99.0 Å². The number of carbonyl (C=O) groups excluding carboxylic acids is 5. The van der Waals surface area contributed by atoms with Gasteiger partial charge in [0.15, 0.2) is 0 Å². The maximum absolute atomic E-state index is 14.0. The topological polar surface area (TPSA) is 214 Å². The van der Waals surface area contributed by atoms with E-state index >= 15 is 0 Å². The van der Waals surface area contributed by atoms with E-state index in [4.69, 9.17) is 10.1 Å². The number of nitrogens with one attached hydrogen (secondary N) is 3. The fraction of sp³-hybridized carbons (Fsp3) is 0.500. The third kappa shape index (κ3) is 8.46. The molecule has 6 aliphatic heterocycles. The number of likely N-dealkylation sites (tertiary alicyclic amines) is 1. The molecule has 4 fully saturated rings. The molecule has 2 aromatic carbocycles. The van der Waals surface area contributed by atoms with E-state index in [1.807, 2.05) is 69.2 Å². The van der Waals surface area contributed by atoms with Crippen LogP contribution in [0.15, 0.2) is 66.0 Å². The van der Waals surface area contributed by atoms with E-state index in [1.165, 1.54) is 12.8 Å². The average molecular weight is 978 g/mol. The Morgan fingerprint density at radius 1 is 0.833 bits per heavy atom. The summed E-state index contributed by atoms with van der Waals surface area (Å²) in [7, 11) is 1.86. The van der Waals surface area contributed by atoms with Crippen LogP contribution in [0, 0.1) is 11.8 Å². The van der Waals surface area contributed by atoms with Crippen molar-refractivity contribution in [1.29, 1.82) is 0 Å². The van der Waals surface area contributed by atoms with Crippen LogP contribution in [0.1, 0.15) is 93.9 Å². The molecule has 72 heavy (non-hydrogen) atoms. The lowest BCUT2D eigenvalue weighted by Crippen LogP contribution is -2.58. The maximum atomic E-state index is 14.0. The second kappa shape index (κ2) is 18.5. The minimum absolute atomic E-state index is 0.0986. The zero-order chi connectivity index (χ0) is 50.2. The number of piperazine rings is 1. The molecule has 3 aromatic heterocycles. The fourth-order valence-corrected chi connectivity index (χ4v) is 12.3. The summed E-state index contributed by atoms with van der Waals surface area (Å²) in [5, 5.41) is 26.4. The van der Waals surface area contributed by atoms with Crippen LogP contribution in [-0.4, -0.2) is 157 Å². The quantitative estimate of drug-likeness (QED) is 0.163. The number of carbonyl (C=O) groups is 5. The number of rotatable bonds is 10. The van der Waals surface area contributed by atoms with Crippen molar-refractivity contribution in [3.8, 4) is 11.3 Å². The van der Waals surface area contributed by atoms with Gasteiger partial charge in [-0.2, -0.15) is 5.10 Å². The van der Waals surface area contributed by atoms with Crippen molar-refractivity contribution in [1.82, 2.24) is 55.4 Å². The summed E-state index contributed by atoms with van der Waals surface area (Å²) >= 11 is 0.